The smallest absolute Gasteiger partial charge is 0.349 e. The molecule has 1 aromatic heterocycles. The second kappa shape index (κ2) is 10.8. The molecule has 1 fully saturated rings. The summed E-state index contributed by atoms with van der Waals surface area (Å²) in [6.07, 6.45) is 5.51. The lowest BCUT2D eigenvalue weighted by molar-refractivity contribution is -0.150. The van der Waals surface area contributed by atoms with Crippen molar-refractivity contribution in [3.63, 3.8) is 0 Å². The lowest BCUT2D eigenvalue weighted by Crippen LogP contribution is -2.51. The number of nitrogens with zero attached hydrogens (tertiary/aromatic N) is 4. The van der Waals surface area contributed by atoms with E-state index in [1.165, 1.54) is 11.0 Å². The Hall–Kier alpha value is -3.10. The quantitative estimate of drug-likeness (QED) is 0.359. The molecular formula is C23H30N4O4. The molecule has 1 heterocycles. The number of ether oxygens (including phenoxy) is 2. The van der Waals surface area contributed by atoms with Crippen LogP contribution in [0.1, 0.15) is 49.1 Å². The third-order valence-electron chi connectivity index (χ3n) is 6.00. The molecule has 0 radical (unpaired) electrons. The van der Waals surface area contributed by atoms with E-state index < -0.39 is 24.0 Å². The largest absolute Gasteiger partial charge is 0.451 e. The number of hydrogen-bond acceptors (Lipinski definition) is 6. The number of carbonyl (C=O) groups excluding carboxylic acids is 2. The second-order valence-electron chi connectivity index (χ2n) is 7.87. The number of aromatic nitrogens is 1. The van der Waals surface area contributed by atoms with Crippen LogP contribution in [0.4, 0.5) is 0 Å². The molecule has 166 valence electrons. The molecule has 1 amide bonds. The first-order valence-electron chi connectivity index (χ1n) is 10.4. The van der Waals surface area contributed by atoms with Gasteiger partial charge in [-0.2, -0.15) is 10.5 Å². The maximum absolute atomic E-state index is 12.6. The fourth-order valence-corrected chi connectivity index (χ4v) is 3.99. The lowest BCUT2D eigenvalue weighted by atomic mass is 9.81. The van der Waals surface area contributed by atoms with E-state index in [2.05, 4.69) is 6.07 Å². The van der Waals surface area contributed by atoms with Gasteiger partial charge in [-0.05, 0) is 44.4 Å². The monoisotopic (exact) mass is 426 g/mol. The van der Waals surface area contributed by atoms with Crippen LogP contribution in [0, 0.1) is 36.5 Å². The maximum atomic E-state index is 12.6. The number of carbonyl (C=O) groups is 2. The van der Waals surface area contributed by atoms with E-state index in [0.29, 0.717) is 26.0 Å². The zero-order valence-electron chi connectivity index (χ0n) is 18.7. The molecule has 0 atom stereocenters. The standard InChI is InChI=1S/C23H30N4O4/c1-17-12-19(18(2)27(17)10-11-30-4)13-20(14-24)22(29)31-15-21(28)26(3)23(16-25)8-6-5-7-9-23/h12-13H,5-11,15H2,1-4H3/b20-13+. The molecule has 0 saturated heterocycles. The molecule has 0 bridgehead atoms. The van der Waals surface area contributed by atoms with Crippen LogP contribution in [0.3, 0.4) is 0 Å². The van der Waals surface area contributed by atoms with Crippen molar-refractivity contribution in [2.75, 3.05) is 27.4 Å². The van der Waals surface area contributed by atoms with Gasteiger partial charge in [-0.1, -0.05) is 19.3 Å². The van der Waals surface area contributed by atoms with Crippen LogP contribution in [0.2, 0.25) is 0 Å². The fraction of sp³-hybridized carbons (Fsp3) is 0.565. The summed E-state index contributed by atoms with van der Waals surface area (Å²) >= 11 is 0. The number of esters is 1. The summed E-state index contributed by atoms with van der Waals surface area (Å²) in [7, 11) is 3.20. The summed E-state index contributed by atoms with van der Waals surface area (Å²) in [5.41, 5.74) is 1.58. The SMILES string of the molecule is COCCn1c(C)cc(/C=C(\C#N)C(=O)OCC(=O)N(C)C2(C#N)CCCCC2)c1C. The van der Waals surface area contributed by atoms with Gasteiger partial charge in [-0.15, -0.1) is 0 Å². The number of amides is 1. The predicted molar refractivity (Wildman–Crippen MR) is 115 cm³/mol. The molecule has 0 aliphatic heterocycles. The summed E-state index contributed by atoms with van der Waals surface area (Å²) in [6.45, 7) is 4.54. The van der Waals surface area contributed by atoms with Gasteiger partial charge in [0.2, 0.25) is 0 Å². The highest BCUT2D eigenvalue weighted by molar-refractivity contribution is 5.99. The minimum Gasteiger partial charge on any atom is -0.451 e. The van der Waals surface area contributed by atoms with Crippen LogP contribution < -0.4 is 0 Å². The first kappa shape index (κ1) is 24.2. The number of methoxy groups -OCH3 is 1. The van der Waals surface area contributed by atoms with Crippen molar-refractivity contribution < 1.29 is 19.1 Å². The average Bonchev–Trinajstić information content (AvgIpc) is 3.05. The van der Waals surface area contributed by atoms with Crippen molar-refractivity contribution in [2.24, 2.45) is 0 Å². The van der Waals surface area contributed by atoms with E-state index in [0.717, 1.165) is 36.2 Å². The van der Waals surface area contributed by atoms with E-state index in [9.17, 15) is 20.1 Å². The molecule has 0 spiro atoms. The molecule has 8 heteroatoms. The van der Waals surface area contributed by atoms with Gasteiger partial charge in [0.05, 0.1) is 12.7 Å². The minimum atomic E-state index is -0.861. The summed E-state index contributed by atoms with van der Waals surface area (Å²) in [6, 6.07) is 6.01. The molecule has 1 aromatic rings. The Bertz CT molecular complexity index is 927. The molecule has 1 aliphatic carbocycles. The number of aryl methyl sites for hydroxylation is 1. The third kappa shape index (κ3) is 5.53. The van der Waals surface area contributed by atoms with Gasteiger partial charge in [-0.3, -0.25) is 4.79 Å². The van der Waals surface area contributed by atoms with Crippen molar-refractivity contribution in [3.8, 4) is 12.1 Å². The first-order valence-corrected chi connectivity index (χ1v) is 10.4. The third-order valence-corrected chi connectivity index (χ3v) is 6.00. The average molecular weight is 427 g/mol. The highest BCUT2D eigenvalue weighted by Crippen LogP contribution is 2.32. The van der Waals surface area contributed by atoms with Crippen LogP contribution in [-0.4, -0.2) is 54.3 Å². The van der Waals surface area contributed by atoms with Gasteiger partial charge in [0.1, 0.15) is 17.2 Å². The van der Waals surface area contributed by atoms with E-state index in [4.69, 9.17) is 9.47 Å². The van der Waals surface area contributed by atoms with Crippen LogP contribution >= 0.6 is 0 Å². The van der Waals surface area contributed by atoms with Crippen molar-refractivity contribution >= 4 is 18.0 Å². The fourth-order valence-electron chi connectivity index (χ4n) is 3.99. The Morgan fingerprint density at radius 1 is 1.26 bits per heavy atom. The molecule has 0 N–H and O–H groups in total. The van der Waals surface area contributed by atoms with E-state index >= 15 is 0 Å². The maximum Gasteiger partial charge on any atom is 0.349 e. The van der Waals surface area contributed by atoms with Gasteiger partial charge in [-0.25, -0.2) is 4.79 Å². The summed E-state index contributed by atoms with van der Waals surface area (Å²) < 4.78 is 12.3. The Balaban J connectivity index is 2.07. The van der Waals surface area contributed by atoms with Crippen molar-refractivity contribution in [3.05, 3.63) is 28.6 Å². The number of likely N-dealkylation sites (N-methyl/N-ethyl adjacent to an activating group) is 1. The Morgan fingerprint density at radius 2 is 1.94 bits per heavy atom. The number of nitriles is 2. The van der Waals surface area contributed by atoms with Crippen molar-refractivity contribution in [2.45, 2.75) is 58.0 Å². The van der Waals surface area contributed by atoms with Gasteiger partial charge < -0.3 is 18.9 Å². The van der Waals surface area contributed by atoms with Crippen LogP contribution in [0.25, 0.3) is 6.08 Å². The van der Waals surface area contributed by atoms with E-state index in [1.807, 2.05) is 30.6 Å². The summed E-state index contributed by atoms with van der Waals surface area (Å²) in [4.78, 5) is 26.4. The first-order chi connectivity index (χ1) is 14.8. The van der Waals surface area contributed by atoms with Gasteiger partial charge >= 0.3 is 5.97 Å². The van der Waals surface area contributed by atoms with Crippen molar-refractivity contribution in [1.82, 2.24) is 9.47 Å². The highest BCUT2D eigenvalue weighted by Gasteiger charge is 2.39. The molecule has 1 aliphatic rings. The van der Waals surface area contributed by atoms with Crippen molar-refractivity contribution in [1.29, 1.82) is 10.5 Å². The normalized spacial score (nSPS) is 15.6. The van der Waals surface area contributed by atoms with Crippen LogP contribution in [-0.2, 0) is 25.6 Å². The minimum absolute atomic E-state index is 0.185. The second-order valence-corrected chi connectivity index (χ2v) is 7.87. The zero-order valence-corrected chi connectivity index (χ0v) is 18.7. The molecule has 1 saturated carbocycles. The van der Waals surface area contributed by atoms with Crippen LogP contribution in [0.15, 0.2) is 11.6 Å². The number of hydrogen-bond donors (Lipinski definition) is 0. The van der Waals surface area contributed by atoms with Gasteiger partial charge in [0.15, 0.2) is 6.61 Å². The van der Waals surface area contributed by atoms with Gasteiger partial charge in [0.25, 0.3) is 5.91 Å². The summed E-state index contributed by atoms with van der Waals surface area (Å²) in [5, 5.41) is 19.1. The molecule has 0 aromatic carbocycles. The predicted octanol–water partition coefficient (Wildman–Crippen LogP) is 2.89. The Kier molecular flexibility index (Phi) is 8.41. The zero-order chi connectivity index (χ0) is 23.0. The highest BCUT2D eigenvalue weighted by atomic mass is 16.5. The Labute approximate surface area is 183 Å². The topological polar surface area (TPSA) is 108 Å². The number of rotatable bonds is 8. The molecule has 0 unspecified atom stereocenters. The molecular weight excluding hydrogens is 396 g/mol. The molecule has 2 rings (SSSR count). The lowest BCUT2D eigenvalue weighted by Gasteiger charge is -2.38. The molecule has 31 heavy (non-hydrogen) atoms. The Morgan fingerprint density at radius 3 is 2.52 bits per heavy atom. The molecule has 8 nitrogen and oxygen atoms in total. The van der Waals surface area contributed by atoms with Crippen LogP contribution in [0.5, 0.6) is 0 Å². The van der Waals surface area contributed by atoms with E-state index in [-0.39, 0.29) is 5.57 Å². The van der Waals surface area contributed by atoms with Gasteiger partial charge in [0, 0.05) is 32.1 Å². The van der Waals surface area contributed by atoms with E-state index in [1.54, 1.807) is 14.2 Å². The summed E-state index contributed by atoms with van der Waals surface area (Å²) in [5.74, 6) is -1.31.